The van der Waals surface area contributed by atoms with Crippen molar-refractivity contribution in [1.82, 2.24) is 9.62 Å². The van der Waals surface area contributed by atoms with Crippen molar-refractivity contribution < 1.29 is 22.3 Å². The molecule has 0 bridgehead atoms. The van der Waals surface area contributed by atoms with Gasteiger partial charge >= 0.3 is 0 Å². The quantitative estimate of drug-likeness (QED) is 0.729. The second-order valence-electron chi connectivity index (χ2n) is 8.88. The normalized spacial score (nSPS) is 17.4. The van der Waals surface area contributed by atoms with Crippen molar-refractivity contribution in [3.8, 4) is 5.75 Å². The van der Waals surface area contributed by atoms with E-state index < -0.39 is 26.3 Å². The molecular formula is C23H29FN2O4S. The number of hydrogen-bond donors (Lipinski definition) is 1. The van der Waals surface area contributed by atoms with E-state index in [0.717, 1.165) is 30.7 Å². The Balaban J connectivity index is 1.72. The van der Waals surface area contributed by atoms with Crippen LogP contribution >= 0.6 is 0 Å². The molecule has 0 aromatic heterocycles. The highest BCUT2D eigenvalue weighted by Crippen LogP contribution is 2.23. The van der Waals surface area contributed by atoms with Gasteiger partial charge in [-0.05, 0) is 63.9 Å². The summed E-state index contributed by atoms with van der Waals surface area (Å²) < 4.78 is 47.8. The maximum Gasteiger partial charge on any atom is 0.253 e. The number of rotatable bonds is 6. The highest BCUT2D eigenvalue weighted by atomic mass is 32.2. The number of hydrogen-bond acceptors (Lipinski definition) is 4. The lowest BCUT2D eigenvalue weighted by atomic mass is 9.98. The van der Waals surface area contributed by atoms with Gasteiger partial charge in [-0.2, -0.15) is 0 Å². The Kier molecular flexibility index (Phi) is 7.01. The number of carbonyl (C=O) groups excluding carboxylic acids is 1. The minimum atomic E-state index is -4.10. The molecule has 168 valence electrons. The summed E-state index contributed by atoms with van der Waals surface area (Å²) in [7, 11) is -4.10. The van der Waals surface area contributed by atoms with E-state index in [4.69, 9.17) is 4.74 Å². The number of nitrogens with one attached hydrogen (secondary N) is 1. The smallest absolute Gasteiger partial charge is 0.253 e. The summed E-state index contributed by atoms with van der Waals surface area (Å²) in [5.41, 5.74) is -0.621. The summed E-state index contributed by atoms with van der Waals surface area (Å²) in [6.45, 7) is 6.58. The molecule has 6 nitrogen and oxygen atoms in total. The van der Waals surface area contributed by atoms with Crippen LogP contribution in [0.4, 0.5) is 4.39 Å². The number of piperidine rings is 1. The van der Waals surface area contributed by atoms with E-state index in [1.54, 1.807) is 25.7 Å². The van der Waals surface area contributed by atoms with Crippen LogP contribution in [-0.4, -0.2) is 44.5 Å². The molecule has 1 fully saturated rings. The summed E-state index contributed by atoms with van der Waals surface area (Å²) in [5.74, 6) is -0.243. The van der Waals surface area contributed by atoms with Crippen LogP contribution in [0, 0.1) is 11.7 Å². The molecule has 2 aromatic carbocycles. The van der Waals surface area contributed by atoms with Crippen molar-refractivity contribution in [2.45, 2.75) is 44.0 Å². The van der Waals surface area contributed by atoms with Gasteiger partial charge < -0.3 is 9.64 Å². The summed E-state index contributed by atoms with van der Waals surface area (Å²) in [6.07, 6.45) is 1.77. The molecule has 1 aliphatic rings. The van der Waals surface area contributed by atoms with E-state index in [2.05, 4.69) is 4.72 Å². The summed E-state index contributed by atoms with van der Waals surface area (Å²) in [6, 6.07) is 13.0. The van der Waals surface area contributed by atoms with Crippen LogP contribution in [0.1, 0.15) is 44.0 Å². The molecule has 31 heavy (non-hydrogen) atoms. The highest BCUT2D eigenvalue weighted by molar-refractivity contribution is 7.89. The Labute approximate surface area is 183 Å². The van der Waals surface area contributed by atoms with Crippen LogP contribution in [0.25, 0.3) is 0 Å². The average Bonchev–Trinajstić information content (AvgIpc) is 2.71. The lowest BCUT2D eigenvalue weighted by molar-refractivity contribution is 0.0633. The van der Waals surface area contributed by atoms with E-state index in [9.17, 15) is 17.6 Å². The van der Waals surface area contributed by atoms with Crippen LogP contribution < -0.4 is 9.46 Å². The zero-order valence-electron chi connectivity index (χ0n) is 18.1. The zero-order chi connectivity index (χ0) is 22.6. The standard InChI is InChI=1S/C23H29FN2O4S/c1-23(2,3)25-31(28,29)21-14-18(11-12-20(21)24)22(27)26-13-7-8-17(15-26)16-30-19-9-5-4-6-10-19/h4-6,9-12,14,17,25H,7-8,13,15-16H2,1-3H3. The first-order valence-electron chi connectivity index (χ1n) is 10.4. The fourth-order valence-electron chi connectivity index (χ4n) is 3.60. The SMILES string of the molecule is CC(C)(C)NS(=O)(=O)c1cc(C(=O)N2CCCC(COc3ccccc3)C2)ccc1F. The van der Waals surface area contributed by atoms with Crippen molar-refractivity contribution in [2.24, 2.45) is 5.92 Å². The number of ether oxygens (including phenoxy) is 1. The van der Waals surface area contributed by atoms with Gasteiger partial charge in [0.2, 0.25) is 10.0 Å². The molecule has 1 atom stereocenters. The Bertz CT molecular complexity index is 1020. The van der Waals surface area contributed by atoms with Crippen LogP contribution in [0.5, 0.6) is 5.75 Å². The molecule has 3 rings (SSSR count). The second-order valence-corrected chi connectivity index (χ2v) is 10.5. The second kappa shape index (κ2) is 9.36. The molecule has 1 saturated heterocycles. The van der Waals surface area contributed by atoms with E-state index in [-0.39, 0.29) is 17.4 Å². The van der Waals surface area contributed by atoms with Gasteiger partial charge in [-0.3, -0.25) is 4.79 Å². The minimum absolute atomic E-state index is 0.153. The number of para-hydroxylation sites is 1. The molecule has 1 heterocycles. The summed E-state index contributed by atoms with van der Waals surface area (Å²) in [4.78, 5) is 14.2. The molecule has 1 amide bonds. The number of carbonyl (C=O) groups is 1. The lowest BCUT2D eigenvalue weighted by Crippen LogP contribution is -2.42. The molecule has 0 aliphatic carbocycles. The van der Waals surface area contributed by atoms with Crippen LogP contribution in [0.2, 0.25) is 0 Å². The van der Waals surface area contributed by atoms with Gasteiger partial charge in [0.15, 0.2) is 0 Å². The van der Waals surface area contributed by atoms with E-state index in [0.29, 0.717) is 19.7 Å². The maximum atomic E-state index is 14.3. The van der Waals surface area contributed by atoms with Crippen molar-refractivity contribution in [1.29, 1.82) is 0 Å². The van der Waals surface area contributed by atoms with Gasteiger partial charge in [-0.25, -0.2) is 17.5 Å². The third-order valence-corrected chi connectivity index (χ3v) is 6.72. The van der Waals surface area contributed by atoms with Crippen molar-refractivity contribution in [3.63, 3.8) is 0 Å². The molecule has 1 aliphatic heterocycles. The van der Waals surface area contributed by atoms with E-state index >= 15 is 0 Å². The lowest BCUT2D eigenvalue weighted by Gasteiger charge is -2.33. The van der Waals surface area contributed by atoms with Gasteiger partial charge in [-0.1, -0.05) is 18.2 Å². The molecule has 0 saturated carbocycles. The number of likely N-dealkylation sites (tertiary alicyclic amines) is 1. The van der Waals surface area contributed by atoms with Gasteiger partial charge in [0.1, 0.15) is 16.5 Å². The summed E-state index contributed by atoms with van der Waals surface area (Å²) in [5, 5.41) is 0. The minimum Gasteiger partial charge on any atom is -0.493 e. The first-order chi connectivity index (χ1) is 14.5. The van der Waals surface area contributed by atoms with Crippen molar-refractivity contribution in [2.75, 3.05) is 19.7 Å². The Hall–Kier alpha value is -2.45. The van der Waals surface area contributed by atoms with Crippen molar-refractivity contribution in [3.05, 3.63) is 59.9 Å². The van der Waals surface area contributed by atoms with Gasteiger partial charge in [0.25, 0.3) is 5.91 Å². The third-order valence-electron chi connectivity index (χ3n) is 4.94. The molecule has 2 aromatic rings. The topological polar surface area (TPSA) is 75.7 Å². The number of benzene rings is 2. The first kappa shape index (κ1) is 23.2. The Morgan fingerprint density at radius 1 is 1.19 bits per heavy atom. The molecule has 1 unspecified atom stereocenters. The van der Waals surface area contributed by atoms with Gasteiger partial charge in [0, 0.05) is 30.1 Å². The van der Waals surface area contributed by atoms with E-state index in [1.165, 1.54) is 6.07 Å². The highest BCUT2D eigenvalue weighted by Gasteiger charge is 2.29. The monoisotopic (exact) mass is 448 g/mol. The summed E-state index contributed by atoms with van der Waals surface area (Å²) >= 11 is 0. The Morgan fingerprint density at radius 2 is 1.90 bits per heavy atom. The largest absolute Gasteiger partial charge is 0.493 e. The average molecular weight is 449 g/mol. The third kappa shape index (κ3) is 6.27. The number of sulfonamides is 1. The fraction of sp³-hybridized carbons (Fsp3) is 0.435. The predicted molar refractivity (Wildman–Crippen MR) is 117 cm³/mol. The molecular weight excluding hydrogens is 419 g/mol. The fourth-order valence-corrected chi connectivity index (χ4v) is 5.12. The van der Waals surface area contributed by atoms with Gasteiger partial charge in [0.05, 0.1) is 6.61 Å². The van der Waals surface area contributed by atoms with Gasteiger partial charge in [-0.15, -0.1) is 0 Å². The first-order valence-corrected chi connectivity index (χ1v) is 11.8. The number of halogens is 1. The van der Waals surface area contributed by atoms with Crippen LogP contribution in [0.3, 0.4) is 0 Å². The van der Waals surface area contributed by atoms with Crippen LogP contribution in [-0.2, 0) is 10.0 Å². The molecule has 0 radical (unpaired) electrons. The maximum absolute atomic E-state index is 14.3. The zero-order valence-corrected chi connectivity index (χ0v) is 18.9. The number of amides is 1. The number of nitrogens with zero attached hydrogens (tertiary/aromatic N) is 1. The molecule has 0 spiro atoms. The predicted octanol–water partition coefficient (Wildman–Crippen LogP) is 3.83. The Morgan fingerprint density at radius 3 is 2.58 bits per heavy atom. The van der Waals surface area contributed by atoms with E-state index in [1.807, 2.05) is 30.3 Å². The van der Waals surface area contributed by atoms with Crippen LogP contribution in [0.15, 0.2) is 53.4 Å². The molecule has 8 heteroatoms. The molecule has 1 N–H and O–H groups in total. The van der Waals surface area contributed by atoms with Crippen molar-refractivity contribution >= 4 is 15.9 Å².